The lowest BCUT2D eigenvalue weighted by molar-refractivity contribution is -0.128. The first kappa shape index (κ1) is 23.7. The van der Waals surface area contributed by atoms with Crippen molar-refractivity contribution in [1.82, 2.24) is 10.9 Å². The Morgan fingerprint density at radius 3 is 2.15 bits per heavy atom. The van der Waals surface area contributed by atoms with Crippen LogP contribution in [0.25, 0.3) is 0 Å². The minimum Gasteiger partial charge on any atom is -0.481 e. The minimum absolute atomic E-state index is 0.0623. The molecule has 1 atom stereocenters. The molecule has 0 radical (unpaired) electrons. The van der Waals surface area contributed by atoms with Crippen LogP contribution < -0.4 is 20.3 Å². The average Bonchev–Trinajstić information content (AvgIpc) is 2.80. The van der Waals surface area contributed by atoms with Crippen molar-refractivity contribution in [3.63, 3.8) is 0 Å². The van der Waals surface area contributed by atoms with Gasteiger partial charge in [0.1, 0.15) is 17.4 Å². The highest BCUT2D eigenvalue weighted by molar-refractivity contribution is 7.92. The van der Waals surface area contributed by atoms with Crippen LogP contribution in [-0.2, 0) is 14.8 Å². The van der Waals surface area contributed by atoms with Gasteiger partial charge in [-0.15, -0.1) is 0 Å². The fourth-order valence-electron chi connectivity index (χ4n) is 2.60. The summed E-state index contributed by atoms with van der Waals surface area (Å²) in [5, 5.41) is 0. The van der Waals surface area contributed by atoms with E-state index >= 15 is 0 Å². The molecule has 3 rings (SSSR count). The molecule has 8 nitrogen and oxygen atoms in total. The molecule has 3 aromatic rings. The van der Waals surface area contributed by atoms with Gasteiger partial charge in [-0.25, -0.2) is 17.2 Å². The van der Waals surface area contributed by atoms with Gasteiger partial charge in [0.2, 0.25) is 0 Å². The maximum absolute atomic E-state index is 13.7. The predicted molar refractivity (Wildman–Crippen MR) is 116 cm³/mol. The zero-order valence-electron chi connectivity index (χ0n) is 17.2. The number of carbonyl (C=O) groups is 2. The fourth-order valence-corrected chi connectivity index (χ4v) is 3.66. The standard InChI is InChI=1S/C22H19F2N3O5S/c1-14(32-17-10-8-16(23)9-11-17)21(28)25-26-22(29)15-6-12-18(13-7-15)33(30,31)27-20-5-3-2-4-19(20)24/h2-14,27H,1H3,(H,25,28)(H,26,29). The number of anilines is 1. The van der Waals surface area contributed by atoms with Crippen molar-refractivity contribution in [1.29, 1.82) is 0 Å². The van der Waals surface area contributed by atoms with Crippen LogP contribution in [0.4, 0.5) is 14.5 Å². The number of amides is 2. The van der Waals surface area contributed by atoms with Gasteiger partial charge < -0.3 is 4.74 Å². The van der Waals surface area contributed by atoms with Crippen LogP contribution in [0.2, 0.25) is 0 Å². The number of sulfonamides is 1. The summed E-state index contributed by atoms with van der Waals surface area (Å²) in [6.07, 6.45) is -0.993. The number of halogens is 2. The maximum Gasteiger partial charge on any atom is 0.279 e. The van der Waals surface area contributed by atoms with Gasteiger partial charge in [0.15, 0.2) is 6.10 Å². The first-order valence-electron chi connectivity index (χ1n) is 9.55. The van der Waals surface area contributed by atoms with E-state index in [2.05, 4.69) is 15.6 Å². The lowest BCUT2D eigenvalue weighted by Crippen LogP contribution is -2.47. The molecule has 0 aliphatic rings. The van der Waals surface area contributed by atoms with E-state index in [1.807, 2.05) is 0 Å². The summed E-state index contributed by atoms with van der Waals surface area (Å²) in [6, 6.07) is 15.2. The molecule has 3 aromatic carbocycles. The molecule has 0 fully saturated rings. The molecule has 0 spiro atoms. The molecule has 0 aliphatic heterocycles. The van der Waals surface area contributed by atoms with Crippen molar-refractivity contribution in [2.24, 2.45) is 0 Å². The van der Waals surface area contributed by atoms with E-state index in [1.165, 1.54) is 73.7 Å². The molecule has 11 heteroatoms. The molecular weight excluding hydrogens is 456 g/mol. The Hall–Kier alpha value is -3.99. The third-order valence-corrected chi connectivity index (χ3v) is 5.72. The highest BCUT2D eigenvalue weighted by Crippen LogP contribution is 2.19. The van der Waals surface area contributed by atoms with Gasteiger partial charge in [-0.2, -0.15) is 0 Å². The van der Waals surface area contributed by atoms with Gasteiger partial charge in [-0.1, -0.05) is 12.1 Å². The van der Waals surface area contributed by atoms with Crippen LogP contribution in [-0.4, -0.2) is 26.3 Å². The Morgan fingerprint density at radius 1 is 0.879 bits per heavy atom. The largest absolute Gasteiger partial charge is 0.481 e. The quantitative estimate of drug-likeness (QED) is 0.455. The second-order valence-corrected chi connectivity index (χ2v) is 8.45. The van der Waals surface area contributed by atoms with Gasteiger partial charge in [0, 0.05) is 5.56 Å². The second kappa shape index (κ2) is 10.1. The molecule has 0 bridgehead atoms. The summed E-state index contributed by atoms with van der Waals surface area (Å²) in [7, 11) is -4.08. The fraction of sp³-hybridized carbons (Fsp3) is 0.0909. The first-order chi connectivity index (χ1) is 15.7. The number of rotatable bonds is 7. The number of carbonyl (C=O) groups excluding carboxylic acids is 2. The molecular formula is C22H19F2N3O5S. The number of hydrogen-bond donors (Lipinski definition) is 3. The van der Waals surface area contributed by atoms with Gasteiger partial charge in [-0.3, -0.25) is 25.2 Å². The number of benzene rings is 3. The summed E-state index contributed by atoms with van der Waals surface area (Å²) in [6.45, 7) is 1.44. The SMILES string of the molecule is CC(Oc1ccc(F)cc1)C(=O)NNC(=O)c1ccc(S(=O)(=O)Nc2ccccc2F)cc1. The molecule has 1 unspecified atom stereocenters. The summed E-state index contributed by atoms with van der Waals surface area (Å²) >= 11 is 0. The van der Waals surface area contributed by atoms with Crippen molar-refractivity contribution in [3.8, 4) is 5.75 Å². The monoisotopic (exact) mass is 475 g/mol. The zero-order chi connectivity index (χ0) is 24.0. The lowest BCUT2D eigenvalue weighted by Gasteiger charge is -2.15. The maximum atomic E-state index is 13.7. The Kier molecular flexibility index (Phi) is 7.23. The molecule has 0 saturated heterocycles. The molecule has 3 N–H and O–H groups in total. The summed E-state index contributed by atoms with van der Waals surface area (Å²) in [5.41, 5.74) is 4.23. The van der Waals surface area contributed by atoms with Crippen molar-refractivity contribution < 1.29 is 31.5 Å². The van der Waals surface area contributed by atoms with Crippen LogP contribution in [0.5, 0.6) is 5.75 Å². The van der Waals surface area contributed by atoms with Crippen molar-refractivity contribution in [2.75, 3.05) is 4.72 Å². The molecule has 2 amide bonds. The Labute approximate surface area is 188 Å². The second-order valence-electron chi connectivity index (χ2n) is 6.77. The molecule has 0 aromatic heterocycles. The van der Waals surface area contributed by atoms with Crippen molar-refractivity contribution in [3.05, 3.63) is 90.0 Å². The molecule has 0 saturated carbocycles. The number of ether oxygens (including phenoxy) is 1. The van der Waals surface area contributed by atoms with Gasteiger partial charge >= 0.3 is 0 Å². The van der Waals surface area contributed by atoms with Gasteiger partial charge in [0.05, 0.1) is 10.6 Å². The van der Waals surface area contributed by atoms with E-state index in [0.29, 0.717) is 0 Å². The molecule has 172 valence electrons. The predicted octanol–water partition coefficient (Wildman–Crippen LogP) is 2.99. The van der Waals surface area contributed by atoms with E-state index in [4.69, 9.17) is 4.74 Å². The van der Waals surface area contributed by atoms with Crippen LogP contribution in [0.3, 0.4) is 0 Å². The third kappa shape index (κ3) is 6.26. The first-order valence-corrected chi connectivity index (χ1v) is 11.0. The van der Waals surface area contributed by atoms with Gasteiger partial charge in [-0.05, 0) is 67.6 Å². The van der Waals surface area contributed by atoms with Crippen LogP contribution >= 0.6 is 0 Å². The highest BCUT2D eigenvalue weighted by atomic mass is 32.2. The Bertz CT molecular complexity index is 1250. The summed E-state index contributed by atoms with van der Waals surface area (Å²) < 4.78 is 59.0. The Balaban J connectivity index is 1.57. The van der Waals surface area contributed by atoms with Crippen LogP contribution in [0.15, 0.2) is 77.7 Å². The molecule has 0 heterocycles. The summed E-state index contributed by atoms with van der Waals surface area (Å²) in [5.74, 6) is -2.28. The smallest absolute Gasteiger partial charge is 0.279 e. The van der Waals surface area contributed by atoms with Gasteiger partial charge in [0.25, 0.3) is 21.8 Å². The average molecular weight is 475 g/mol. The number of hydrogen-bond acceptors (Lipinski definition) is 5. The van der Waals surface area contributed by atoms with E-state index in [-0.39, 0.29) is 21.9 Å². The summed E-state index contributed by atoms with van der Waals surface area (Å²) in [4.78, 5) is 24.1. The molecule has 0 aliphatic carbocycles. The van der Waals surface area contributed by atoms with Crippen molar-refractivity contribution in [2.45, 2.75) is 17.9 Å². The van der Waals surface area contributed by atoms with E-state index < -0.39 is 39.6 Å². The highest BCUT2D eigenvalue weighted by Gasteiger charge is 2.18. The molecule has 33 heavy (non-hydrogen) atoms. The van der Waals surface area contributed by atoms with E-state index in [0.717, 1.165) is 6.07 Å². The minimum atomic E-state index is -4.08. The normalized spacial score (nSPS) is 11.8. The number of hydrazine groups is 1. The lowest BCUT2D eigenvalue weighted by atomic mass is 10.2. The van der Waals surface area contributed by atoms with E-state index in [9.17, 15) is 26.8 Å². The topological polar surface area (TPSA) is 114 Å². The number of para-hydroxylation sites is 1. The zero-order valence-corrected chi connectivity index (χ0v) is 18.0. The van der Waals surface area contributed by atoms with Crippen molar-refractivity contribution >= 4 is 27.5 Å². The van der Waals surface area contributed by atoms with Crippen LogP contribution in [0.1, 0.15) is 17.3 Å². The number of nitrogens with one attached hydrogen (secondary N) is 3. The van der Waals surface area contributed by atoms with Crippen LogP contribution in [0, 0.1) is 11.6 Å². The van der Waals surface area contributed by atoms with E-state index in [1.54, 1.807) is 0 Å². The third-order valence-electron chi connectivity index (χ3n) is 4.34. The Morgan fingerprint density at radius 2 is 1.52 bits per heavy atom.